The minimum absolute atomic E-state index is 0.216. The van der Waals surface area contributed by atoms with Gasteiger partial charge in [0.1, 0.15) is 0 Å². The second kappa shape index (κ2) is 4.03. The molecule has 0 rings (SSSR count). The fourth-order valence-corrected chi connectivity index (χ4v) is 2.42. The van der Waals surface area contributed by atoms with Gasteiger partial charge in [0.15, 0.2) is 0 Å². The van der Waals surface area contributed by atoms with E-state index in [0.29, 0.717) is 6.16 Å². The Morgan fingerprint density at radius 3 is 2.27 bits per heavy atom. The molecule has 0 aromatic rings. The first-order valence-electron chi connectivity index (χ1n) is 3.72. The molecule has 3 nitrogen and oxygen atoms in total. The van der Waals surface area contributed by atoms with E-state index in [4.69, 9.17) is 5.41 Å². The van der Waals surface area contributed by atoms with E-state index in [9.17, 15) is 9.46 Å². The average Bonchev–Trinajstić information content (AvgIpc) is 1.83. The van der Waals surface area contributed by atoms with Gasteiger partial charge in [-0.25, -0.2) is 0 Å². The molecule has 0 heterocycles. The summed E-state index contributed by atoms with van der Waals surface area (Å²) in [6, 6.07) is 0. The van der Waals surface area contributed by atoms with E-state index in [0.717, 1.165) is 6.21 Å². The van der Waals surface area contributed by atoms with Crippen LogP contribution < -0.4 is 0 Å². The fourth-order valence-electron chi connectivity index (χ4n) is 0.806. The molecular formula is C7H16NO2P. The first-order chi connectivity index (χ1) is 4.90. The zero-order valence-corrected chi connectivity index (χ0v) is 8.14. The quantitative estimate of drug-likeness (QED) is 0.509. The summed E-state index contributed by atoms with van der Waals surface area (Å²) in [6.45, 7) is 5.41. The molecule has 0 saturated heterocycles. The van der Waals surface area contributed by atoms with Gasteiger partial charge >= 0.3 is 0 Å². The smallest absolute Gasteiger partial charge is 0.208 e. The number of hydrogen-bond acceptors (Lipinski definition) is 2. The predicted molar refractivity (Wildman–Crippen MR) is 47.8 cm³/mol. The van der Waals surface area contributed by atoms with Crippen LogP contribution in [0, 0.1) is 11.3 Å². The van der Waals surface area contributed by atoms with Gasteiger partial charge in [0, 0.05) is 12.4 Å². The van der Waals surface area contributed by atoms with Crippen LogP contribution in [0.2, 0.25) is 0 Å². The van der Waals surface area contributed by atoms with Crippen molar-refractivity contribution >= 4 is 13.6 Å². The molecule has 0 spiro atoms. The Bertz CT molecular complexity index is 179. The minimum Gasteiger partial charge on any atom is -0.344 e. The Labute approximate surface area is 67.8 Å². The van der Waals surface area contributed by atoms with Crippen molar-refractivity contribution in [3.8, 4) is 0 Å². The van der Waals surface area contributed by atoms with Gasteiger partial charge in [-0.3, -0.25) is 4.57 Å². The summed E-state index contributed by atoms with van der Waals surface area (Å²) >= 11 is 0. The van der Waals surface area contributed by atoms with Gasteiger partial charge in [-0.2, -0.15) is 0 Å². The summed E-state index contributed by atoms with van der Waals surface area (Å²) in [7, 11) is -3.08. The molecular weight excluding hydrogens is 161 g/mol. The summed E-state index contributed by atoms with van der Waals surface area (Å²) in [5, 5.41) is 6.85. The molecule has 0 fully saturated rings. The van der Waals surface area contributed by atoms with Crippen LogP contribution in [0.25, 0.3) is 0 Å². The molecule has 2 unspecified atom stereocenters. The third kappa shape index (κ3) is 3.68. The van der Waals surface area contributed by atoms with E-state index in [2.05, 4.69) is 0 Å². The highest BCUT2D eigenvalue weighted by Gasteiger charge is 2.25. The van der Waals surface area contributed by atoms with Crippen LogP contribution in [0.4, 0.5) is 0 Å². The van der Waals surface area contributed by atoms with Gasteiger partial charge in [-0.1, -0.05) is 13.8 Å². The predicted octanol–water partition coefficient (Wildman–Crippen LogP) is 1.95. The molecule has 2 N–H and O–H groups in total. The Hall–Kier alpha value is -0.140. The minimum atomic E-state index is -3.08. The maximum absolute atomic E-state index is 11.4. The second-order valence-corrected chi connectivity index (χ2v) is 5.93. The zero-order chi connectivity index (χ0) is 9.07. The van der Waals surface area contributed by atoms with Gasteiger partial charge in [0.2, 0.25) is 7.37 Å². The van der Waals surface area contributed by atoms with Crippen molar-refractivity contribution in [3.05, 3.63) is 0 Å². The number of rotatable bonds is 4. The molecule has 0 radical (unpaired) electrons. The zero-order valence-electron chi connectivity index (χ0n) is 7.24. The van der Waals surface area contributed by atoms with Crippen molar-refractivity contribution in [2.24, 2.45) is 5.92 Å². The highest BCUT2D eigenvalue weighted by atomic mass is 31.2. The Kier molecular flexibility index (Phi) is 3.98. The topological polar surface area (TPSA) is 61.1 Å². The molecule has 66 valence electrons. The monoisotopic (exact) mass is 177 g/mol. The Balaban J connectivity index is 4.21. The molecule has 0 bridgehead atoms. The van der Waals surface area contributed by atoms with Crippen molar-refractivity contribution in [3.63, 3.8) is 0 Å². The van der Waals surface area contributed by atoms with Crippen molar-refractivity contribution in [1.82, 2.24) is 0 Å². The van der Waals surface area contributed by atoms with Crippen LogP contribution in [0.15, 0.2) is 0 Å². The maximum atomic E-state index is 11.4. The summed E-state index contributed by atoms with van der Waals surface area (Å²) < 4.78 is 11.4. The molecule has 0 aliphatic rings. The van der Waals surface area contributed by atoms with Crippen LogP contribution in [0.1, 0.15) is 20.8 Å². The van der Waals surface area contributed by atoms with E-state index >= 15 is 0 Å². The van der Waals surface area contributed by atoms with Crippen LogP contribution in [-0.4, -0.2) is 22.9 Å². The summed E-state index contributed by atoms with van der Waals surface area (Å²) in [6.07, 6.45) is 1.35. The van der Waals surface area contributed by atoms with Crippen molar-refractivity contribution in [2.75, 3.05) is 6.16 Å². The van der Waals surface area contributed by atoms with Gasteiger partial charge in [0.05, 0.1) is 5.66 Å². The second-order valence-electron chi connectivity index (χ2n) is 3.24. The lowest BCUT2D eigenvalue weighted by atomic mass is 10.3. The first-order valence-corrected chi connectivity index (χ1v) is 5.63. The standard InChI is InChI=1S/C7H16NO2P/c1-6(2)5-11(9,10)7(3)4-8/h4,6-8H,5H2,1-3H3,(H,9,10). The third-order valence-corrected chi connectivity index (χ3v) is 4.18. The first kappa shape index (κ1) is 10.9. The van der Waals surface area contributed by atoms with Crippen LogP contribution >= 0.6 is 7.37 Å². The molecule has 2 atom stereocenters. The maximum Gasteiger partial charge on any atom is 0.208 e. The summed E-state index contributed by atoms with van der Waals surface area (Å²) in [5.74, 6) is 0.216. The molecule has 0 aromatic heterocycles. The summed E-state index contributed by atoms with van der Waals surface area (Å²) in [4.78, 5) is 9.36. The lowest BCUT2D eigenvalue weighted by molar-refractivity contribution is 0.465. The lowest BCUT2D eigenvalue weighted by Gasteiger charge is -2.16. The van der Waals surface area contributed by atoms with Gasteiger partial charge in [-0.15, -0.1) is 0 Å². The molecule has 4 heteroatoms. The molecule has 0 saturated carbocycles. The fraction of sp³-hybridized carbons (Fsp3) is 0.857. The SMILES string of the molecule is CC(C)CP(=O)(O)C(C)C=N. The normalized spacial score (nSPS) is 19.4. The summed E-state index contributed by atoms with van der Waals surface area (Å²) in [5.41, 5.74) is -0.495. The van der Waals surface area contributed by atoms with Crippen LogP contribution in [0.5, 0.6) is 0 Å². The molecule has 0 aliphatic heterocycles. The molecule has 0 aliphatic carbocycles. The number of nitrogens with one attached hydrogen (secondary N) is 1. The average molecular weight is 177 g/mol. The van der Waals surface area contributed by atoms with Gasteiger partial charge in [-0.05, 0) is 12.8 Å². The largest absolute Gasteiger partial charge is 0.344 e. The highest BCUT2D eigenvalue weighted by molar-refractivity contribution is 7.59. The third-order valence-electron chi connectivity index (χ3n) is 1.50. The molecule has 0 aromatic carbocycles. The van der Waals surface area contributed by atoms with Crippen LogP contribution in [0.3, 0.4) is 0 Å². The van der Waals surface area contributed by atoms with E-state index in [1.54, 1.807) is 6.92 Å². The molecule has 0 amide bonds. The van der Waals surface area contributed by atoms with Gasteiger partial charge < -0.3 is 10.3 Å². The highest BCUT2D eigenvalue weighted by Crippen LogP contribution is 2.46. The van der Waals surface area contributed by atoms with E-state index in [1.165, 1.54) is 0 Å². The molecule has 11 heavy (non-hydrogen) atoms. The van der Waals surface area contributed by atoms with Crippen molar-refractivity contribution in [2.45, 2.75) is 26.4 Å². The van der Waals surface area contributed by atoms with Gasteiger partial charge in [0.25, 0.3) is 0 Å². The Morgan fingerprint density at radius 2 is 2.00 bits per heavy atom. The van der Waals surface area contributed by atoms with E-state index < -0.39 is 13.0 Å². The number of hydrogen-bond donors (Lipinski definition) is 2. The van der Waals surface area contributed by atoms with Crippen molar-refractivity contribution < 1.29 is 9.46 Å². The lowest BCUT2D eigenvalue weighted by Crippen LogP contribution is -2.10. The van der Waals surface area contributed by atoms with E-state index in [-0.39, 0.29) is 5.92 Å². The van der Waals surface area contributed by atoms with E-state index in [1.807, 2.05) is 13.8 Å². The van der Waals surface area contributed by atoms with Crippen molar-refractivity contribution in [1.29, 1.82) is 5.41 Å². The Morgan fingerprint density at radius 1 is 1.55 bits per heavy atom. The van der Waals surface area contributed by atoms with Crippen LogP contribution in [-0.2, 0) is 4.57 Å².